The number of anilines is 1. The molecule has 2 heterocycles. The smallest absolute Gasteiger partial charge is 0.274 e. The van der Waals surface area contributed by atoms with E-state index in [2.05, 4.69) is 17.1 Å². The second-order valence-corrected chi connectivity index (χ2v) is 5.62. The maximum absolute atomic E-state index is 12.5. The number of nitrogens with two attached hydrogens (primary N) is 1. The first-order valence-corrected chi connectivity index (χ1v) is 7.29. The van der Waals surface area contributed by atoms with E-state index in [1.807, 2.05) is 18.2 Å². The lowest BCUT2D eigenvalue weighted by atomic mass is 9.99. The van der Waals surface area contributed by atoms with Crippen molar-refractivity contribution in [1.82, 2.24) is 9.88 Å². The van der Waals surface area contributed by atoms with Crippen LogP contribution in [-0.4, -0.2) is 28.9 Å². The van der Waals surface area contributed by atoms with Gasteiger partial charge in [-0.25, -0.2) is 4.98 Å². The number of hydrogen-bond acceptors (Lipinski definition) is 3. The second kappa shape index (κ2) is 5.74. The number of rotatable bonds is 2. The summed E-state index contributed by atoms with van der Waals surface area (Å²) in [6.07, 6.45) is 0.954. The largest absolute Gasteiger partial charge is 0.384 e. The Morgan fingerprint density at radius 3 is 2.76 bits per heavy atom. The van der Waals surface area contributed by atoms with Crippen LogP contribution in [0.4, 0.5) is 5.82 Å². The summed E-state index contributed by atoms with van der Waals surface area (Å²) in [6.45, 7) is 1.40. The van der Waals surface area contributed by atoms with Crippen molar-refractivity contribution in [3.63, 3.8) is 0 Å². The van der Waals surface area contributed by atoms with Crippen molar-refractivity contribution in [2.75, 3.05) is 18.8 Å². The fourth-order valence-electron chi connectivity index (χ4n) is 2.70. The summed E-state index contributed by atoms with van der Waals surface area (Å²) in [4.78, 5) is 18.4. The van der Waals surface area contributed by atoms with Crippen LogP contribution in [0.15, 0.2) is 42.5 Å². The summed E-state index contributed by atoms with van der Waals surface area (Å²) in [5.74, 6) is 0.530. The average Bonchev–Trinajstić information content (AvgIpc) is 3.00. The first kappa shape index (κ1) is 13.9. The van der Waals surface area contributed by atoms with E-state index in [9.17, 15) is 4.79 Å². The minimum Gasteiger partial charge on any atom is -0.384 e. The zero-order valence-corrected chi connectivity index (χ0v) is 12.3. The zero-order chi connectivity index (χ0) is 14.8. The highest BCUT2D eigenvalue weighted by Gasteiger charge is 2.29. The third-order valence-corrected chi connectivity index (χ3v) is 4.12. The normalized spacial score (nSPS) is 18.0. The van der Waals surface area contributed by atoms with Crippen molar-refractivity contribution in [2.24, 2.45) is 0 Å². The Morgan fingerprint density at radius 1 is 1.24 bits per heavy atom. The molecule has 4 nitrogen and oxygen atoms in total. The third kappa shape index (κ3) is 2.85. The van der Waals surface area contributed by atoms with Gasteiger partial charge in [0.05, 0.1) is 5.02 Å². The Kier molecular flexibility index (Phi) is 3.80. The molecule has 1 amide bonds. The molecule has 3 rings (SSSR count). The highest BCUT2D eigenvalue weighted by Crippen LogP contribution is 2.28. The Balaban J connectivity index is 1.77. The number of amides is 1. The molecule has 1 aromatic carbocycles. The van der Waals surface area contributed by atoms with Gasteiger partial charge in [0.1, 0.15) is 11.5 Å². The molecular weight excluding hydrogens is 286 g/mol. The molecule has 0 radical (unpaired) electrons. The molecule has 1 aromatic heterocycles. The lowest BCUT2D eigenvalue weighted by molar-refractivity contribution is 0.0785. The average molecular weight is 302 g/mol. The molecule has 5 heteroatoms. The van der Waals surface area contributed by atoms with Gasteiger partial charge in [-0.05, 0) is 24.1 Å². The van der Waals surface area contributed by atoms with E-state index in [1.54, 1.807) is 17.0 Å². The summed E-state index contributed by atoms with van der Waals surface area (Å²) in [5.41, 5.74) is 7.15. The van der Waals surface area contributed by atoms with Gasteiger partial charge in [-0.15, -0.1) is 0 Å². The van der Waals surface area contributed by atoms with Gasteiger partial charge in [0.25, 0.3) is 5.91 Å². The number of aromatic nitrogens is 1. The number of pyridine rings is 1. The summed E-state index contributed by atoms with van der Waals surface area (Å²) < 4.78 is 0. The maximum atomic E-state index is 12.5. The van der Waals surface area contributed by atoms with Crippen LogP contribution < -0.4 is 5.73 Å². The number of likely N-dealkylation sites (tertiary alicyclic amines) is 1. The molecule has 21 heavy (non-hydrogen) atoms. The minimum atomic E-state index is -0.147. The fraction of sp³-hybridized carbons (Fsp3) is 0.250. The topological polar surface area (TPSA) is 59.2 Å². The number of halogens is 1. The number of nitrogen functional groups attached to an aromatic ring is 1. The predicted molar refractivity (Wildman–Crippen MR) is 83.4 cm³/mol. The molecule has 0 spiro atoms. The van der Waals surface area contributed by atoms with Gasteiger partial charge in [-0.1, -0.05) is 41.9 Å². The summed E-state index contributed by atoms with van der Waals surface area (Å²) >= 11 is 6.06. The van der Waals surface area contributed by atoms with Crippen LogP contribution in [0.2, 0.25) is 5.02 Å². The van der Waals surface area contributed by atoms with Gasteiger partial charge in [0.2, 0.25) is 0 Å². The monoisotopic (exact) mass is 301 g/mol. The molecule has 2 aromatic rings. The lowest BCUT2D eigenvalue weighted by Crippen LogP contribution is -2.29. The first-order chi connectivity index (χ1) is 10.1. The summed E-state index contributed by atoms with van der Waals surface area (Å²) in [6, 6.07) is 13.5. The molecule has 1 aliphatic heterocycles. The molecule has 0 aliphatic carbocycles. The van der Waals surface area contributed by atoms with Crippen LogP contribution in [0.25, 0.3) is 0 Å². The number of carbonyl (C=O) groups is 1. The molecule has 2 N–H and O–H groups in total. The van der Waals surface area contributed by atoms with Gasteiger partial charge in [-0.2, -0.15) is 0 Å². The Morgan fingerprint density at radius 2 is 2.00 bits per heavy atom. The van der Waals surface area contributed by atoms with Crippen molar-refractivity contribution in [1.29, 1.82) is 0 Å². The number of nitrogens with zero attached hydrogens (tertiary/aromatic N) is 2. The third-order valence-electron chi connectivity index (χ3n) is 3.82. The zero-order valence-electron chi connectivity index (χ0n) is 11.5. The van der Waals surface area contributed by atoms with Crippen LogP contribution in [0.3, 0.4) is 0 Å². The van der Waals surface area contributed by atoms with E-state index >= 15 is 0 Å². The standard InChI is InChI=1S/C16H16ClN3O/c17-13-6-7-14(18)19-15(13)16(21)20-9-8-12(10-20)11-4-2-1-3-5-11/h1-7,12H,8-10H2,(H2,18,19). The highest BCUT2D eigenvalue weighted by atomic mass is 35.5. The van der Waals surface area contributed by atoms with E-state index in [0.717, 1.165) is 6.42 Å². The molecule has 1 unspecified atom stereocenters. The van der Waals surface area contributed by atoms with Crippen molar-refractivity contribution in [3.05, 3.63) is 58.7 Å². The van der Waals surface area contributed by atoms with E-state index < -0.39 is 0 Å². The predicted octanol–water partition coefficient (Wildman–Crippen LogP) is 2.95. The van der Waals surface area contributed by atoms with Crippen LogP contribution in [0.1, 0.15) is 28.4 Å². The molecule has 1 fully saturated rings. The molecule has 1 aliphatic rings. The lowest BCUT2D eigenvalue weighted by Gasteiger charge is -2.17. The van der Waals surface area contributed by atoms with Crippen molar-refractivity contribution < 1.29 is 4.79 Å². The first-order valence-electron chi connectivity index (χ1n) is 6.91. The summed E-state index contributed by atoms with van der Waals surface area (Å²) in [7, 11) is 0. The number of benzene rings is 1. The van der Waals surface area contributed by atoms with Crippen LogP contribution in [0.5, 0.6) is 0 Å². The van der Waals surface area contributed by atoms with Gasteiger partial charge in [0.15, 0.2) is 0 Å². The van der Waals surface area contributed by atoms with Gasteiger partial charge in [0, 0.05) is 19.0 Å². The SMILES string of the molecule is Nc1ccc(Cl)c(C(=O)N2CCC(c3ccccc3)C2)n1. The number of carbonyl (C=O) groups excluding carboxylic acids is 1. The molecule has 108 valence electrons. The van der Waals surface area contributed by atoms with Crippen LogP contribution in [-0.2, 0) is 0 Å². The van der Waals surface area contributed by atoms with E-state index in [0.29, 0.717) is 29.8 Å². The Hall–Kier alpha value is -2.07. The van der Waals surface area contributed by atoms with Crippen molar-refractivity contribution in [2.45, 2.75) is 12.3 Å². The van der Waals surface area contributed by atoms with Gasteiger partial charge >= 0.3 is 0 Å². The molecule has 0 bridgehead atoms. The fourth-order valence-corrected chi connectivity index (χ4v) is 2.89. The quantitative estimate of drug-likeness (QED) is 0.928. The van der Waals surface area contributed by atoms with Gasteiger partial charge < -0.3 is 10.6 Å². The molecule has 1 atom stereocenters. The Labute approximate surface area is 128 Å². The van der Waals surface area contributed by atoms with E-state index in [1.165, 1.54) is 5.56 Å². The Bertz CT molecular complexity index is 660. The molecule has 1 saturated heterocycles. The maximum Gasteiger partial charge on any atom is 0.274 e. The second-order valence-electron chi connectivity index (χ2n) is 5.21. The molecule has 0 saturated carbocycles. The van der Waals surface area contributed by atoms with E-state index in [4.69, 9.17) is 17.3 Å². The van der Waals surface area contributed by atoms with Crippen molar-refractivity contribution in [3.8, 4) is 0 Å². The van der Waals surface area contributed by atoms with Gasteiger partial charge in [-0.3, -0.25) is 4.79 Å². The van der Waals surface area contributed by atoms with Crippen LogP contribution in [0, 0.1) is 0 Å². The van der Waals surface area contributed by atoms with Crippen LogP contribution >= 0.6 is 11.6 Å². The number of hydrogen-bond donors (Lipinski definition) is 1. The minimum absolute atomic E-state index is 0.147. The molecular formula is C16H16ClN3O. The van der Waals surface area contributed by atoms with Crippen molar-refractivity contribution >= 4 is 23.3 Å². The van der Waals surface area contributed by atoms with E-state index in [-0.39, 0.29) is 11.6 Å². The summed E-state index contributed by atoms with van der Waals surface area (Å²) in [5, 5.41) is 0.345. The highest BCUT2D eigenvalue weighted by molar-refractivity contribution is 6.33.